The lowest BCUT2D eigenvalue weighted by atomic mass is 10.1. The molecule has 1 aliphatic heterocycles. The molecule has 2 aromatic rings. The van der Waals surface area contributed by atoms with Crippen LogP contribution < -0.4 is 16.4 Å². The fraction of sp³-hybridized carbons (Fsp3) is 0.444. The van der Waals surface area contributed by atoms with Crippen molar-refractivity contribution in [2.45, 2.75) is 31.3 Å². The molecule has 4 N–H and O–H groups in total. The van der Waals surface area contributed by atoms with Crippen molar-refractivity contribution in [2.24, 2.45) is 5.73 Å². The summed E-state index contributed by atoms with van der Waals surface area (Å²) in [6.45, 7) is 2.71. The van der Waals surface area contributed by atoms with E-state index < -0.39 is 6.03 Å². The molecule has 1 saturated heterocycles. The second-order valence-electron chi connectivity index (χ2n) is 6.36. The molecule has 2 aromatic heterocycles. The molecule has 3 heterocycles. The minimum atomic E-state index is -0.621. The number of urea groups is 1. The van der Waals surface area contributed by atoms with Gasteiger partial charge in [0.25, 0.3) is 0 Å². The highest BCUT2D eigenvalue weighted by atomic mass is 32.1. The number of carbonyl (C=O) groups excluding carboxylic acids is 2. The Labute approximate surface area is 161 Å². The summed E-state index contributed by atoms with van der Waals surface area (Å²) in [7, 11) is 0. The smallest absolute Gasteiger partial charge is 0.312 e. The van der Waals surface area contributed by atoms with E-state index in [1.165, 1.54) is 29.1 Å². The van der Waals surface area contributed by atoms with Gasteiger partial charge in [-0.25, -0.2) is 4.79 Å². The molecule has 1 aliphatic rings. The summed E-state index contributed by atoms with van der Waals surface area (Å²) in [6, 6.07) is 7.18. The van der Waals surface area contributed by atoms with Gasteiger partial charge in [-0.2, -0.15) is 0 Å². The maximum Gasteiger partial charge on any atom is 0.312 e. The highest BCUT2D eigenvalue weighted by Gasteiger charge is 2.25. The van der Waals surface area contributed by atoms with Crippen LogP contribution in [0.5, 0.6) is 0 Å². The molecule has 6 nitrogen and oxygen atoms in total. The Balaban J connectivity index is 1.59. The number of likely N-dealkylation sites (tertiary alicyclic amines) is 1. The molecule has 0 aromatic carbocycles. The Morgan fingerprint density at radius 2 is 1.77 bits per heavy atom. The molecule has 3 amide bonds. The molecule has 0 aliphatic carbocycles. The van der Waals surface area contributed by atoms with E-state index in [1.807, 2.05) is 17.5 Å². The van der Waals surface area contributed by atoms with Crippen molar-refractivity contribution in [3.8, 4) is 0 Å². The number of nitrogens with one attached hydrogen (secondary N) is 2. The average molecular weight is 393 g/mol. The van der Waals surface area contributed by atoms with Gasteiger partial charge in [-0.15, -0.1) is 22.7 Å². The average Bonchev–Trinajstić information content (AvgIpc) is 3.37. The highest BCUT2D eigenvalue weighted by Crippen LogP contribution is 2.28. The number of nitrogens with zero attached hydrogens (tertiary/aromatic N) is 1. The number of thiophene rings is 2. The third-order valence-electron chi connectivity index (χ3n) is 4.54. The standard InChI is InChI=1S/C18H24N4O2S2/c19-18(24)21-13(15-5-3-9-25-15)11-17(23)20-12-14(16-6-4-10-26-16)22-7-1-2-8-22/h3-6,9-10,13-14H,1-2,7-8,11-12H2,(H,20,23)(H3,19,21,24). The van der Waals surface area contributed by atoms with Gasteiger partial charge in [0.15, 0.2) is 0 Å². The molecule has 8 heteroatoms. The van der Waals surface area contributed by atoms with Gasteiger partial charge in [0.2, 0.25) is 5.91 Å². The molecular formula is C18H24N4O2S2. The van der Waals surface area contributed by atoms with Crippen LogP contribution in [0.15, 0.2) is 35.0 Å². The maximum absolute atomic E-state index is 12.5. The second kappa shape index (κ2) is 9.16. The Morgan fingerprint density at radius 1 is 1.12 bits per heavy atom. The van der Waals surface area contributed by atoms with Gasteiger partial charge in [-0.05, 0) is 48.8 Å². The van der Waals surface area contributed by atoms with Gasteiger partial charge >= 0.3 is 6.03 Å². The van der Waals surface area contributed by atoms with Crippen molar-refractivity contribution >= 4 is 34.6 Å². The van der Waals surface area contributed by atoms with Crippen LogP contribution in [0.4, 0.5) is 4.79 Å². The van der Waals surface area contributed by atoms with Crippen LogP contribution >= 0.6 is 22.7 Å². The van der Waals surface area contributed by atoms with E-state index >= 15 is 0 Å². The fourth-order valence-electron chi connectivity index (χ4n) is 3.30. The normalized spacial score (nSPS) is 16.9. The summed E-state index contributed by atoms with van der Waals surface area (Å²) in [6.07, 6.45) is 2.60. The summed E-state index contributed by atoms with van der Waals surface area (Å²) in [5, 5.41) is 9.71. The first-order valence-electron chi connectivity index (χ1n) is 8.77. The molecule has 2 atom stereocenters. The van der Waals surface area contributed by atoms with E-state index in [1.54, 1.807) is 11.3 Å². The largest absolute Gasteiger partial charge is 0.354 e. The van der Waals surface area contributed by atoms with Crippen molar-refractivity contribution in [3.63, 3.8) is 0 Å². The van der Waals surface area contributed by atoms with E-state index in [-0.39, 0.29) is 24.4 Å². The topological polar surface area (TPSA) is 87.5 Å². The number of carbonyl (C=O) groups is 2. The van der Waals surface area contributed by atoms with E-state index in [0.717, 1.165) is 18.0 Å². The molecule has 0 saturated carbocycles. The minimum Gasteiger partial charge on any atom is -0.354 e. The van der Waals surface area contributed by atoms with Crippen LogP contribution in [0.25, 0.3) is 0 Å². The van der Waals surface area contributed by atoms with Gasteiger partial charge in [-0.3, -0.25) is 9.69 Å². The van der Waals surface area contributed by atoms with E-state index in [2.05, 4.69) is 33.0 Å². The fourth-order valence-corrected chi connectivity index (χ4v) is 4.93. The first-order valence-corrected chi connectivity index (χ1v) is 10.5. The third kappa shape index (κ3) is 5.06. The van der Waals surface area contributed by atoms with Gasteiger partial charge in [-0.1, -0.05) is 12.1 Å². The molecule has 0 radical (unpaired) electrons. The van der Waals surface area contributed by atoms with Gasteiger partial charge < -0.3 is 16.4 Å². The molecule has 0 spiro atoms. The molecule has 26 heavy (non-hydrogen) atoms. The van der Waals surface area contributed by atoms with E-state index in [4.69, 9.17) is 5.73 Å². The van der Waals surface area contributed by atoms with Crippen molar-refractivity contribution in [2.75, 3.05) is 19.6 Å². The highest BCUT2D eigenvalue weighted by molar-refractivity contribution is 7.10. The number of primary amides is 1. The van der Waals surface area contributed by atoms with Gasteiger partial charge in [0.1, 0.15) is 0 Å². The lowest BCUT2D eigenvalue weighted by Crippen LogP contribution is -2.39. The Kier molecular flexibility index (Phi) is 6.65. The van der Waals surface area contributed by atoms with Crippen LogP contribution in [0, 0.1) is 0 Å². The Bertz CT molecular complexity index is 697. The van der Waals surface area contributed by atoms with Crippen molar-refractivity contribution in [3.05, 3.63) is 44.8 Å². The van der Waals surface area contributed by atoms with Gasteiger partial charge in [0, 0.05) is 16.3 Å². The quantitative estimate of drug-likeness (QED) is 0.645. The zero-order chi connectivity index (χ0) is 18.4. The Morgan fingerprint density at radius 3 is 2.35 bits per heavy atom. The lowest BCUT2D eigenvalue weighted by Gasteiger charge is -2.27. The minimum absolute atomic E-state index is 0.0853. The first kappa shape index (κ1) is 18.9. The van der Waals surface area contributed by atoms with Crippen LogP contribution in [-0.4, -0.2) is 36.5 Å². The number of hydrogen-bond acceptors (Lipinski definition) is 5. The third-order valence-corrected chi connectivity index (χ3v) is 6.50. The summed E-state index contributed by atoms with van der Waals surface area (Å²) < 4.78 is 0. The summed E-state index contributed by atoms with van der Waals surface area (Å²) in [5.74, 6) is -0.0853. The molecular weight excluding hydrogens is 368 g/mol. The molecule has 2 unspecified atom stereocenters. The number of amides is 3. The summed E-state index contributed by atoms with van der Waals surface area (Å²) in [4.78, 5) is 28.4. The summed E-state index contributed by atoms with van der Waals surface area (Å²) >= 11 is 3.23. The molecule has 1 fully saturated rings. The van der Waals surface area contributed by atoms with Crippen molar-refractivity contribution in [1.29, 1.82) is 0 Å². The maximum atomic E-state index is 12.5. The number of nitrogens with two attached hydrogens (primary N) is 1. The molecule has 3 rings (SSSR count). The second-order valence-corrected chi connectivity index (χ2v) is 8.32. The Hall–Kier alpha value is -1.90. The SMILES string of the molecule is NC(=O)NC(CC(=O)NCC(c1cccs1)N1CCCC1)c1cccs1. The molecule has 140 valence electrons. The van der Waals surface area contributed by atoms with Crippen LogP contribution in [0.2, 0.25) is 0 Å². The summed E-state index contributed by atoms with van der Waals surface area (Å²) in [5.41, 5.74) is 5.26. The van der Waals surface area contributed by atoms with Gasteiger partial charge in [0.05, 0.1) is 18.5 Å². The monoisotopic (exact) mass is 392 g/mol. The predicted octanol–water partition coefficient (Wildman–Crippen LogP) is 2.86. The lowest BCUT2D eigenvalue weighted by molar-refractivity contribution is -0.121. The van der Waals surface area contributed by atoms with Crippen LogP contribution in [0.1, 0.15) is 41.1 Å². The zero-order valence-electron chi connectivity index (χ0n) is 14.5. The molecule has 0 bridgehead atoms. The van der Waals surface area contributed by atoms with Crippen molar-refractivity contribution in [1.82, 2.24) is 15.5 Å². The van der Waals surface area contributed by atoms with E-state index in [9.17, 15) is 9.59 Å². The number of hydrogen-bond donors (Lipinski definition) is 3. The predicted molar refractivity (Wildman–Crippen MR) is 105 cm³/mol. The van der Waals surface area contributed by atoms with Crippen LogP contribution in [0.3, 0.4) is 0 Å². The first-order chi connectivity index (χ1) is 12.6. The van der Waals surface area contributed by atoms with Crippen LogP contribution in [-0.2, 0) is 4.79 Å². The zero-order valence-corrected chi connectivity index (χ0v) is 16.2. The van der Waals surface area contributed by atoms with Crippen molar-refractivity contribution < 1.29 is 9.59 Å². The number of rotatable bonds is 8. The van der Waals surface area contributed by atoms with E-state index in [0.29, 0.717) is 6.54 Å².